The molecule has 0 aromatic heterocycles. The molecule has 3 rings (SSSR count). The van der Waals surface area contributed by atoms with Crippen molar-refractivity contribution in [1.29, 1.82) is 0 Å². The molecule has 0 unspecified atom stereocenters. The van der Waals surface area contributed by atoms with Crippen molar-refractivity contribution < 1.29 is 29.4 Å². The van der Waals surface area contributed by atoms with Gasteiger partial charge >= 0.3 is 6.09 Å². The van der Waals surface area contributed by atoms with Gasteiger partial charge in [-0.15, -0.1) is 0 Å². The first kappa shape index (κ1) is 20.3. The van der Waals surface area contributed by atoms with Crippen molar-refractivity contribution in [3.8, 4) is 11.1 Å². The van der Waals surface area contributed by atoms with Gasteiger partial charge in [0.05, 0.1) is 12.6 Å². The average Bonchev–Trinajstić information content (AvgIpc) is 3.13. The third kappa shape index (κ3) is 4.53. The van der Waals surface area contributed by atoms with E-state index in [2.05, 4.69) is 5.32 Å². The minimum atomic E-state index is -1.38. The summed E-state index contributed by atoms with van der Waals surface area (Å²) in [4.78, 5) is 37.4. The Morgan fingerprint density at radius 2 is 1.72 bits per heavy atom. The number of nitrogens with zero attached hydrogens (tertiary/aromatic N) is 1. The standard InChI is InChI=1S/C20H21N3O6/c1-12(24)17(19(26)22-28)21-18(25)16-11-23(20(27)29-16)15-9-7-14(8-10-15)13-5-3-2-4-6-13/h2-10,12,16-17,24,28H,11H2,1H3,(H,21,25)(H,22,26)/t12-,16+,17+/m1/s1. The molecular formula is C20H21N3O6. The second-order valence-electron chi connectivity index (χ2n) is 6.60. The number of carbonyl (C=O) groups excluding carboxylic acids is 3. The Labute approximate surface area is 166 Å². The molecule has 0 saturated carbocycles. The monoisotopic (exact) mass is 399 g/mol. The molecule has 1 heterocycles. The number of aliphatic hydroxyl groups is 1. The van der Waals surface area contributed by atoms with Crippen LogP contribution in [0.2, 0.25) is 0 Å². The highest BCUT2D eigenvalue weighted by molar-refractivity contribution is 5.97. The van der Waals surface area contributed by atoms with Crippen LogP contribution in [0, 0.1) is 0 Å². The maximum Gasteiger partial charge on any atom is 0.415 e. The molecular weight excluding hydrogens is 378 g/mol. The minimum absolute atomic E-state index is 0.0530. The average molecular weight is 399 g/mol. The zero-order chi connectivity index (χ0) is 21.0. The lowest BCUT2D eigenvalue weighted by Gasteiger charge is -2.20. The van der Waals surface area contributed by atoms with Gasteiger partial charge in [-0.2, -0.15) is 0 Å². The van der Waals surface area contributed by atoms with E-state index >= 15 is 0 Å². The number of hydrogen-bond acceptors (Lipinski definition) is 6. The van der Waals surface area contributed by atoms with Crippen LogP contribution >= 0.6 is 0 Å². The fraction of sp³-hybridized carbons (Fsp3) is 0.250. The number of hydrogen-bond donors (Lipinski definition) is 4. The van der Waals surface area contributed by atoms with Crippen molar-refractivity contribution in [3.63, 3.8) is 0 Å². The molecule has 9 nitrogen and oxygen atoms in total. The van der Waals surface area contributed by atoms with Crippen LogP contribution < -0.4 is 15.7 Å². The molecule has 0 radical (unpaired) electrons. The number of cyclic esters (lactones) is 1. The Kier molecular flexibility index (Phi) is 6.10. The lowest BCUT2D eigenvalue weighted by molar-refractivity contribution is -0.139. The Hall–Kier alpha value is -3.43. The zero-order valence-corrected chi connectivity index (χ0v) is 15.6. The van der Waals surface area contributed by atoms with Gasteiger partial charge < -0.3 is 15.2 Å². The number of carbonyl (C=O) groups is 3. The maximum absolute atomic E-state index is 12.4. The lowest BCUT2D eigenvalue weighted by atomic mass is 10.1. The molecule has 0 aliphatic carbocycles. The van der Waals surface area contributed by atoms with Crippen LogP contribution in [0.5, 0.6) is 0 Å². The van der Waals surface area contributed by atoms with E-state index in [9.17, 15) is 19.5 Å². The second kappa shape index (κ2) is 8.72. The van der Waals surface area contributed by atoms with Crippen LogP contribution in [0.3, 0.4) is 0 Å². The predicted molar refractivity (Wildman–Crippen MR) is 103 cm³/mol. The Morgan fingerprint density at radius 1 is 1.10 bits per heavy atom. The van der Waals surface area contributed by atoms with E-state index in [-0.39, 0.29) is 6.54 Å². The molecule has 1 fully saturated rings. The van der Waals surface area contributed by atoms with Crippen LogP contribution in [0.15, 0.2) is 54.6 Å². The van der Waals surface area contributed by atoms with Crippen molar-refractivity contribution in [2.75, 3.05) is 11.4 Å². The fourth-order valence-corrected chi connectivity index (χ4v) is 3.00. The first-order chi connectivity index (χ1) is 13.9. The second-order valence-corrected chi connectivity index (χ2v) is 6.60. The summed E-state index contributed by atoms with van der Waals surface area (Å²) in [6.45, 7) is 1.23. The highest BCUT2D eigenvalue weighted by Gasteiger charge is 2.39. The van der Waals surface area contributed by atoms with Crippen LogP contribution in [0.1, 0.15) is 6.92 Å². The summed E-state index contributed by atoms with van der Waals surface area (Å²) in [7, 11) is 0. The molecule has 1 aliphatic rings. The molecule has 4 N–H and O–H groups in total. The molecule has 152 valence electrons. The van der Waals surface area contributed by atoms with Gasteiger partial charge in [0.2, 0.25) is 0 Å². The van der Waals surface area contributed by atoms with Crippen molar-refractivity contribution in [2.45, 2.75) is 25.2 Å². The van der Waals surface area contributed by atoms with E-state index in [1.165, 1.54) is 17.3 Å². The fourth-order valence-electron chi connectivity index (χ4n) is 3.00. The van der Waals surface area contributed by atoms with E-state index in [4.69, 9.17) is 9.94 Å². The normalized spacial score (nSPS) is 18.0. The highest BCUT2D eigenvalue weighted by atomic mass is 16.6. The number of aliphatic hydroxyl groups excluding tert-OH is 1. The molecule has 3 atom stereocenters. The lowest BCUT2D eigenvalue weighted by Crippen LogP contribution is -2.54. The third-order valence-electron chi connectivity index (χ3n) is 4.56. The van der Waals surface area contributed by atoms with E-state index in [1.807, 2.05) is 42.5 Å². The van der Waals surface area contributed by atoms with Gasteiger partial charge in [-0.25, -0.2) is 10.3 Å². The number of benzene rings is 2. The summed E-state index contributed by atoms with van der Waals surface area (Å²) in [6.07, 6.45) is -3.12. The summed E-state index contributed by atoms with van der Waals surface area (Å²) in [5, 5.41) is 20.6. The minimum Gasteiger partial charge on any atom is -0.434 e. The summed E-state index contributed by atoms with van der Waals surface area (Å²) >= 11 is 0. The van der Waals surface area contributed by atoms with E-state index in [0.29, 0.717) is 5.69 Å². The molecule has 3 amide bonds. The van der Waals surface area contributed by atoms with Gasteiger partial charge in [0.1, 0.15) is 6.04 Å². The summed E-state index contributed by atoms with van der Waals surface area (Å²) < 4.78 is 5.10. The Bertz CT molecular complexity index is 885. The Morgan fingerprint density at radius 3 is 2.31 bits per heavy atom. The number of nitrogens with one attached hydrogen (secondary N) is 2. The smallest absolute Gasteiger partial charge is 0.415 e. The van der Waals surface area contributed by atoms with Gasteiger partial charge in [-0.3, -0.25) is 19.7 Å². The summed E-state index contributed by atoms with van der Waals surface area (Å²) in [6, 6.07) is 15.6. The third-order valence-corrected chi connectivity index (χ3v) is 4.56. The van der Waals surface area contributed by atoms with Crippen molar-refractivity contribution in [3.05, 3.63) is 54.6 Å². The molecule has 1 aliphatic heterocycles. The van der Waals surface area contributed by atoms with Crippen LogP contribution in [0.25, 0.3) is 11.1 Å². The topological polar surface area (TPSA) is 128 Å². The van der Waals surface area contributed by atoms with Gasteiger partial charge in [-0.05, 0) is 30.2 Å². The van der Waals surface area contributed by atoms with Crippen LogP contribution in [-0.2, 0) is 14.3 Å². The van der Waals surface area contributed by atoms with Crippen LogP contribution in [0.4, 0.5) is 10.5 Å². The van der Waals surface area contributed by atoms with Gasteiger partial charge in [0.15, 0.2) is 6.10 Å². The van der Waals surface area contributed by atoms with Crippen molar-refractivity contribution in [2.24, 2.45) is 0 Å². The van der Waals surface area contributed by atoms with Crippen molar-refractivity contribution >= 4 is 23.6 Å². The number of amides is 3. The largest absolute Gasteiger partial charge is 0.434 e. The highest BCUT2D eigenvalue weighted by Crippen LogP contribution is 2.26. The van der Waals surface area contributed by atoms with Crippen molar-refractivity contribution in [1.82, 2.24) is 10.8 Å². The number of rotatable bonds is 6. The number of ether oxygens (including phenoxy) is 1. The maximum atomic E-state index is 12.4. The molecule has 9 heteroatoms. The molecule has 2 aromatic rings. The van der Waals surface area contributed by atoms with E-state index < -0.39 is 36.2 Å². The predicted octanol–water partition coefficient (Wildman–Crippen LogP) is 1.05. The molecule has 0 spiro atoms. The molecule has 29 heavy (non-hydrogen) atoms. The Balaban J connectivity index is 1.68. The van der Waals surface area contributed by atoms with E-state index in [0.717, 1.165) is 11.1 Å². The quantitative estimate of drug-likeness (QED) is 0.425. The number of anilines is 1. The summed E-state index contributed by atoms with van der Waals surface area (Å²) in [5.74, 6) is -1.73. The van der Waals surface area contributed by atoms with Gasteiger partial charge in [-0.1, -0.05) is 42.5 Å². The van der Waals surface area contributed by atoms with Gasteiger partial charge in [0.25, 0.3) is 11.8 Å². The van der Waals surface area contributed by atoms with Gasteiger partial charge in [0, 0.05) is 5.69 Å². The summed E-state index contributed by atoms with van der Waals surface area (Å²) in [5.41, 5.74) is 3.94. The number of hydroxylamine groups is 1. The van der Waals surface area contributed by atoms with E-state index in [1.54, 1.807) is 12.1 Å². The molecule has 1 saturated heterocycles. The SMILES string of the molecule is C[C@@H](O)[C@H](NC(=O)[C@@H]1CN(c2ccc(-c3ccccc3)cc2)C(=O)O1)C(=O)NO. The molecule has 0 bridgehead atoms. The molecule has 2 aromatic carbocycles. The first-order valence-corrected chi connectivity index (χ1v) is 8.96. The first-order valence-electron chi connectivity index (χ1n) is 8.96. The zero-order valence-electron chi connectivity index (χ0n) is 15.6. The van der Waals surface area contributed by atoms with Crippen LogP contribution in [-0.4, -0.2) is 53.0 Å².